The van der Waals surface area contributed by atoms with Gasteiger partial charge in [-0.15, -0.1) is 0 Å². The standard InChI is InChI=1S/C18H30F3N7O/c1-13(2)11-28-8-9-29-14(12-28)10-26-16(22-3)24-6-7-25-17-23-5-4-15(27-17)18(19,20)21/h4-5,13-14H,6-12H2,1-3H3,(H2,22,24,26)(H,23,25,27). The van der Waals surface area contributed by atoms with Gasteiger partial charge in [-0.05, 0) is 12.0 Å². The van der Waals surface area contributed by atoms with Crippen LogP contribution in [-0.4, -0.2) is 79.9 Å². The van der Waals surface area contributed by atoms with Crippen molar-refractivity contribution in [2.75, 3.05) is 58.2 Å². The number of guanidine groups is 1. The molecular weight excluding hydrogens is 387 g/mol. The summed E-state index contributed by atoms with van der Waals surface area (Å²) in [6, 6.07) is 0.838. The molecule has 1 aromatic heterocycles. The number of anilines is 1. The first-order valence-electron chi connectivity index (χ1n) is 9.70. The number of ether oxygens (including phenoxy) is 1. The van der Waals surface area contributed by atoms with Gasteiger partial charge in [0.25, 0.3) is 0 Å². The lowest BCUT2D eigenvalue weighted by Gasteiger charge is -2.34. The molecule has 2 rings (SSSR count). The first-order valence-corrected chi connectivity index (χ1v) is 9.70. The van der Waals surface area contributed by atoms with Gasteiger partial charge < -0.3 is 20.7 Å². The van der Waals surface area contributed by atoms with Crippen molar-refractivity contribution in [1.82, 2.24) is 25.5 Å². The van der Waals surface area contributed by atoms with E-state index in [1.165, 1.54) is 0 Å². The van der Waals surface area contributed by atoms with Crippen LogP contribution in [0.2, 0.25) is 0 Å². The van der Waals surface area contributed by atoms with Crippen LogP contribution in [-0.2, 0) is 10.9 Å². The Hall–Kier alpha value is -2.14. The maximum atomic E-state index is 12.7. The third-order valence-electron chi connectivity index (χ3n) is 4.21. The molecule has 29 heavy (non-hydrogen) atoms. The van der Waals surface area contributed by atoms with E-state index in [0.29, 0.717) is 38.1 Å². The first-order chi connectivity index (χ1) is 13.8. The Morgan fingerprint density at radius 1 is 1.34 bits per heavy atom. The van der Waals surface area contributed by atoms with Gasteiger partial charge in [-0.2, -0.15) is 13.2 Å². The zero-order valence-corrected chi connectivity index (χ0v) is 17.1. The molecule has 1 aromatic rings. The summed E-state index contributed by atoms with van der Waals surface area (Å²) >= 11 is 0. The molecule has 1 atom stereocenters. The lowest BCUT2D eigenvalue weighted by atomic mass is 10.2. The number of morpholine rings is 1. The van der Waals surface area contributed by atoms with E-state index in [1.807, 2.05) is 0 Å². The van der Waals surface area contributed by atoms with Crippen LogP contribution in [0.25, 0.3) is 0 Å². The van der Waals surface area contributed by atoms with Crippen molar-refractivity contribution < 1.29 is 17.9 Å². The lowest BCUT2D eigenvalue weighted by Crippen LogP contribution is -2.50. The summed E-state index contributed by atoms with van der Waals surface area (Å²) in [5, 5.41) is 9.08. The molecule has 1 saturated heterocycles. The van der Waals surface area contributed by atoms with Gasteiger partial charge in [0.2, 0.25) is 5.95 Å². The second kappa shape index (κ2) is 11.1. The van der Waals surface area contributed by atoms with Crippen molar-refractivity contribution in [3.8, 4) is 0 Å². The highest BCUT2D eigenvalue weighted by atomic mass is 19.4. The van der Waals surface area contributed by atoms with Crippen LogP contribution >= 0.6 is 0 Å². The molecule has 11 heteroatoms. The van der Waals surface area contributed by atoms with Crippen LogP contribution in [0.5, 0.6) is 0 Å². The smallest absolute Gasteiger partial charge is 0.374 e. The van der Waals surface area contributed by atoms with Crippen LogP contribution in [0.3, 0.4) is 0 Å². The molecular formula is C18H30F3N7O. The van der Waals surface area contributed by atoms with Crippen molar-refractivity contribution in [1.29, 1.82) is 0 Å². The Balaban J connectivity index is 1.69. The second-order valence-electron chi connectivity index (χ2n) is 7.22. The number of aliphatic imine (C=N–C) groups is 1. The largest absolute Gasteiger partial charge is 0.433 e. The molecule has 3 N–H and O–H groups in total. The predicted octanol–water partition coefficient (Wildman–Crippen LogP) is 1.43. The van der Waals surface area contributed by atoms with E-state index in [0.717, 1.165) is 31.9 Å². The molecule has 0 saturated carbocycles. The van der Waals surface area contributed by atoms with E-state index in [2.05, 4.69) is 49.7 Å². The third kappa shape index (κ3) is 8.40. The Morgan fingerprint density at radius 3 is 2.83 bits per heavy atom. The highest BCUT2D eigenvalue weighted by Gasteiger charge is 2.32. The van der Waals surface area contributed by atoms with E-state index in [9.17, 15) is 13.2 Å². The molecule has 0 amide bonds. The fourth-order valence-electron chi connectivity index (χ4n) is 2.97. The van der Waals surface area contributed by atoms with Gasteiger partial charge in [-0.3, -0.25) is 9.89 Å². The van der Waals surface area contributed by atoms with Gasteiger partial charge in [0, 0.05) is 52.5 Å². The van der Waals surface area contributed by atoms with Crippen LogP contribution in [0.15, 0.2) is 17.3 Å². The van der Waals surface area contributed by atoms with Gasteiger partial charge in [0.15, 0.2) is 5.96 Å². The maximum Gasteiger partial charge on any atom is 0.433 e. The Morgan fingerprint density at radius 2 is 2.14 bits per heavy atom. The molecule has 0 aliphatic carbocycles. The number of hydrogen-bond donors (Lipinski definition) is 3. The molecule has 0 aromatic carbocycles. The van der Waals surface area contributed by atoms with Crippen molar-refractivity contribution >= 4 is 11.9 Å². The number of nitrogens with zero attached hydrogens (tertiary/aromatic N) is 4. The quantitative estimate of drug-likeness (QED) is 0.335. The van der Waals surface area contributed by atoms with Crippen molar-refractivity contribution in [3.63, 3.8) is 0 Å². The molecule has 0 spiro atoms. The van der Waals surface area contributed by atoms with Gasteiger partial charge in [0.1, 0.15) is 5.69 Å². The topological polar surface area (TPSA) is 86.7 Å². The van der Waals surface area contributed by atoms with Crippen molar-refractivity contribution in [3.05, 3.63) is 18.0 Å². The van der Waals surface area contributed by atoms with Crippen LogP contribution in [0.4, 0.5) is 19.1 Å². The SMILES string of the molecule is CN=C(NCCNc1nccc(C(F)(F)F)n1)NCC1CN(CC(C)C)CCO1. The summed E-state index contributed by atoms with van der Waals surface area (Å²) < 4.78 is 43.8. The summed E-state index contributed by atoms with van der Waals surface area (Å²) in [6.07, 6.45) is -3.33. The Bertz CT molecular complexity index is 655. The third-order valence-corrected chi connectivity index (χ3v) is 4.21. The summed E-state index contributed by atoms with van der Waals surface area (Å²) in [6.45, 7) is 9.39. The molecule has 1 aliphatic heterocycles. The molecule has 1 aliphatic rings. The molecule has 1 unspecified atom stereocenters. The number of aromatic nitrogens is 2. The average molecular weight is 417 g/mol. The van der Waals surface area contributed by atoms with Crippen molar-refractivity contribution in [2.24, 2.45) is 10.9 Å². The Kier molecular flexibility index (Phi) is 8.90. The average Bonchev–Trinajstić information content (AvgIpc) is 2.67. The molecule has 8 nitrogen and oxygen atoms in total. The predicted molar refractivity (Wildman–Crippen MR) is 106 cm³/mol. The Labute approximate surface area is 169 Å². The van der Waals surface area contributed by atoms with Gasteiger partial charge in [0.05, 0.1) is 12.7 Å². The highest BCUT2D eigenvalue weighted by Crippen LogP contribution is 2.27. The minimum Gasteiger partial charge on any atom is -0.374 e. The first kappa shape index (κ1) is 23.1. The van der Waals surface area contributed by atoms with Gasteiger partial charge >= 0.3 is 6.18 Å². The number of nitrogens with one attached hydrogen (secondary N) is 3. The summed E-state index contributed by atoms with van der Waals surface area (Å²) in [4.78, 5) is 13.8. The molecule has 1 fully saturated rings. The molecule has 0 radical (unpaired) electrons. The van der Waals surface area contributed by atoms with Crippen LogP contribution in [0.1, 0.15) is 19.5 Å². The van der Waals surface area contributed by atoms with Gasteiger partial charge in [-0.1, -0.05) is 13.8 Å². The fraction of sp³-hybridized carbons (Fsp3) is 0.722. The van der Waals surface area contributed by atoms with Crippen molar-refractivity contribution in [2.45, 2.75) is 26.1 Å². The van der Waals surface area contributed by atoms with Crippen LogP contribution < -0.4 is 16.0 Å². The number of alkyl halides is 3. The van der Waals surface area contributed by atoms with E-state index < -0.39 is 11.9 Å². The number of hydrogen-bond acceptors (Lipinski definition) is 6. The molecule has 2 heterocycles. The molecule has 164 valence electrons. The zero-order valence-electron chi connectivity index (χ0n) is 17.1. The highest BCUT2D eigenvalue weighted by molar-refractivity contribution is 5.79. The minimum atomic E-state index is -4.49. The molecule has 0 bridgehead atoms. The monoisotopic (exact) mass is 417 g/mol. The number of rotatable bonds is 8. The van der Waals surface area contributed by atoms with Gasteiger partial charge in [-0.25, -0.2) is 9.97 Å². The van der Waals surface area contributed by atoms with E-state index in [-0.39, 0.29) is 12.1 Å². The lowest BCUT2D eigenvalue weighted by molar-refractivity contribution is -0.141. The van der Waals surface area contributed by atoms with E-state index in [1.54, 1.807) is 7.05 Å². The van der Waals surface area contributed by atoms with E-state index in [4.69, 9.17) is 4.74 Å². The normalized spacial score (nSPS) is 18.7. The van der Waals surface area contributed by atoms with Crippen LogP contribution in [0, 0.1) is 5.92 Å². The maximum absolute atomic E-state index is 12.7. The van der Waals surface area contributed by atoms with E-state index >= 15 is 0 Å². The minimum absolute atomic E-state index is 0.0644. The summed E-state index contributed by atoms with van der Waals surface area (Å²) in [5.41, 5.74) is -0.973. The summed E-state index contributed by atoms with van der Waals surface area (Å²) in [5.74, 6) is 1.15. The fourth-order valence-corrected chi connectivity index (χ4v) is 2.97. The number of halogens is 3. The zero-order chi connectivity index (χ0) is 21.3. The summed E-state index contributed by atoms with van der Waals surface area (Å²) in [7, 11) is 1.66. The second-order valence-corrected chi connectivity index (χ2v) is 7.22.